The largest absolute Gasteiger partial charge is 0.337 e. The first kappa shape index (κ1) is 15.8. The van der Waals surface area contributed by atoms with E-state index in [1.54, 1.807) is 6.07 Å². The average molecular weight is 347 g/mol. The molecule has 9 heteroatoms. The van der Waals surface area contributed by atoms with Gasteiger partial charge in [0.05, 0.1) is 6.54 Å². The highest BCUT2D eigenvalue weighted by Gasteiger charge is 2.50. The summed E-state index contributed by atoms with van der Waals surface area (Å²) in [5, 5.41) is 3.76. The van der Waals surface area contributed by atoms with Gasteiger partial charge in [-0.2, -0.15) is 4.98 Å². The van der Waals surface area contributed by atoms with Crippen LogP contribution in [0.3, 0.4) is 0 Å². The molecular formula is C16H15F2N5O2. The van der Waals surface area contributed by atoms with E-state index in [2.05, 4.69) is 20.1 Å². The van der Waals surface area contributed by atoms with Crippen molar-refractivity contribution in [3.05, 3.63) is 36.5 Å². The quantitative estimate of drug-likeness (QED) is 0.793. The molecule has 0 bridgehead atoms. The van der Waals surface area contributed by atoms with E-state index in [0.29, 0.717) is 12.8 Å². The highest BCUT2D eigenvalue weighted by Crippen LogP contribution is 2.42. The van der Waals surface area contributed by atoms with E-state index in [4.69, 9.17) is 4.52 Å². The van der Waals surface area contributed by atoms with E-state index < -0.39 is 24.9 Å². The predicted molar refractivity (Wildman–Crippen MR) is 81.2 cm³/mol. The maximum absolute atomic E-state index is 14.0. The molecule has 0 spiro atoms. The van der Waals surface area contributed by atoms with Gasteiger partial charge >= 0.3 is 0 Å². The summed E-state index contributed by atoms with van der Waals surface area (Å²) in [6.07, 6.45) is 7.43. The van der Waals surface area contributed by atoms with Gasteiger partial charge in [-0.1, -0.05) is 17.3 Å². The van der Waals surface area contributed by atoms with Crippen LogP contribution in [0.4, 0.5) is 8.78 Å². The number of carbonyl (C=O) groups is 1. The fourth-order valence-corrected chi connectivity index (χ4v) is 3.20. The fraction of sp³-hybridized carbons (Fsp3) is 0.438. The van der Waals surface area contributed by atoms with Crippen LogP contribution in [0.1, 0.15) is 31.2 Å². The van der Waals surface area contributed by atoms with E-state index in [0.717, 1.165) is 0 Å². The third-order valence-electron chi connectivity index (χ3n) is 4.40. The van der Waals surface area contributed by atoms with Crippen LogP contribution in [0.2, 0.25) is 0 Å². The Morgan fingerprint density at radius 3 is 2.64 bits per heavy atom. The van der Waals surface area contributed by atoms with Crippen LogP contribution in [0.25, 0.3) is 11.6 Å². The van der Waals surface area contributed by atoms with Crippen LogP contribution in [0.5, 0.6) is 0 Å². The second kappa shape index (κ2) is 5.98. The zero-order valence-corrected chi connectivity index (χ0v) is 13.2. The topological polar surface area (TPSA) is 85.0 Å². The number of carbonyl (C=O) groups excluding carboxylic acids is 1. The molecule has 1 amide bonds. The molecule has 1 fully saturated rings. The van der Waals surface area contributed by atoms with E-state index in [1.165, 1.54) is 17.3 Å². The highest BCUT2D eigenvalue weighted by atomic mass is 19.3. The fourth-order valence-electron chi connectivity index (χ4n) is 3.20. The summed E-state index contributed by atoms with van der Waals surface area (Å²) in [6, 6.07) is 0.700. The van der Waals surface area contributed by atoms with Crippen molar-refractivity contribution in [1.29, 1.82) is 0 Å². The molecule has 1 atom stereocenters. The predicted octanol–water partition coefficient (Wildman–Crippen LogP) is 2.40. The van der Waals surface area contributed by atoms with Gasteiger partial charge in [0.25, 0.3) is 5.92 Å². The molecule has 7 nitrogen and oxygen atoms in total. The first-order valence-corrected chi connectivity index (χ1v) is 7.98. The average Bonchev–Trinajstić information content (AvgIpc) is 3.34. The smallest absolute Gasteiger partial charge is 0.267 e. The second-order valence-electron chi connectivity index (χ2n) is 6.21. The first-order chi connectivity index (χ1) is 12.0. The summed E-state index contributed by atoms with van der Waals surface area (Å²) < 4.78 is 33.1. The summed E-state index contributed by atoms with van der Waals surface area (Å²) in [5.41, 5.74) is 0. The standard InChI is InChI=1S/C16H15F2N5O2/c17-16(18)8-11(23(9-16)15(24)10-4-1-2-5-10)14-21-13(22-25-14)12-19-6-3-7-20-12/h1-3,6-7,10-11H,4-5,8-9H2/t11-/m0/s1. The lowest BCUT2D eigenvalue weighted by Crippen LogP contribution is -2.36. The molecule has 3 heterocycles. The number of allylic oxidation sites excluding steroid dienone is 2. The molecule has 0 aromatic carbocycles. The maximum atomic E-state index is 14.0. The molecule has 0 radical (unpaired) electrons. The Bertz CT molecular complexity index is 800. The van der Waals surface area contributed by atoms with Gasteiger partial charge in [0.1, 0.15) is 6.04 Å². The number of hydrogen-bond donors (Lipinski definition) is 0. The molecule has 1 aliphatic heterocycles. The lowest BCUT2D eigenvalue weighted by atomic mass is 10.1. The minimum absolute atomic E-state index is 0.0149. The minimum atomic E-state index is -2.98. The van der Waals surface area contributed by atoms with Crippen molar-refractivity contribution >= 4 is 5.91 Å². The third-order valence-corrected chi connectivity index (χ3v) is 4.40. The number of hydrogen-bond acceptors (Lipinski definition) is 6. The van der Waals surface area contributed by atoms with Crippen molar-refractivity contribution in [1.82, 2.24) is 25.0 Å². The zero-order valence-electron chi connectivity index (χ0n) is 13.2. The summed E-state index contributed by atoms with van der Waals surface area (Å²) >= 11 is 0. The molecule has 1 aliphatic carbocycles. The molecule has 2 aromatic heterocycles. The van der Waals surface area contributed by atoms with Gasteiger partial charge < -0.3 is 9.42 Å². The van der Waals surface area contributed by atoms with E-state index in [9.17, 15) is 13.6 Å². The van der Waals surface area contributed by atoms with E-state index >= 15 is 0 Å². The third kappa shape index (κ3) is 3.01. The molecule has 25 heavy (non-hydrogen) atoms. The Morgan fingerprint density at radius 2 is 1.92 bits per heavy atom. The highest BCUT2D eigenvalue weighted by molar-refractivity contribution is 5.80. The number of likely N-dealkylation sites (tertiary alicyclic amines) is 1. The molecule has 2 aliphatic rings. The molecule has 0 unspecified atom stereocenters. The minimum Gasteiger partial charge on any atom is -0.337 e. The summed E-state index contributed by atoms with van der Waals surface area (Å²) in [6.45, 7) is -0.632. The number of amides is 1. The van der Waals surface area contributed by atoms with Crippen molar-refractivity contribution < 1.29 is 18.1 Å². The van der Waals surface area contributed by atoms with Crippen LogP contribution in [0, 0.1) is 5.92 Å². The molecular weight excluding hydrogens is 332 g/mol. The number of nitrogens with zero attached hydrogens (tertiary/aromatic N) is 5. The Labute approximate surface area is 141 Å². The van der Waals surface area contributed by atoms with Gasteiger partial charge in [0, 0.05) is 24.7 Å². The number of alkyl halides is 2. The van der Waals surface area contributed by atoms with Gasteiger partial charge in [-0.3, -0.25) is 4.79 Å². The van der Waals surface area contributed by atoms with Crippen LogP contribution < -0.4 is 0 Å². The summed E-state index contributed by atoms with van der Waals surface area (Å²) in [4.78, 5) is 25.9. The van der Waals surface area contributed by atoms with Crippen LogP contribution in [-0.2, 0) is 4.79 Å². The van der Waals surface area contributed by atoms with E-state index in [-0.39, 0.29) is 29.4 Å². The maximum Gasteiger partial charge on any atom is 0.267 e. The lowest BCUT2D eigenvalue weighted by Gasteiger charge is -2.24. The van der Waals surface area contributed by atoms with Crippen LogP contribution >= 0.6 is 0 Å². The van der Waals surface area contributed by atoms with Gasteiger partial charge in [0.2, 0.25) is 23.4 Å². The van der Waals surface area contributed by atoms with Crippen molar-refractivity contribution in [3.8, 4) is 11.6 Å². The Hall–Kier alpha value is -2.71. The zero-order chi connectivity index (χ0) is 17.4. The molecule has 4 rings (SSSR count). The Morgan fingerprint density at radius 1 is 1.20 bits per heavy atom. The van der Waals surface area contributed by atoms with Crippen LogP contribution in [-0.4, -0.2) is 43.4 Å². The monoisotopic (exact) mass is 347 g/mol. The van der Waals surface area contributed by atoms with Gasteiger partial charge in [-0.05, 0) is 18.9 Å². The molecule has 0 N–H and O–H groups in total. The molecule has 0 saturated carbocycles. The van der Waals surface area contributed by atoms with Crippen molar-refractivity contribution in [3.63, 3.8) is 0 Å². The van der Waals surface area contributed by atoms with Crippen molar-refractivity contribution in [2.45, 2.75) is 31.2 Å². The number of rotatable bonds is 3. The molecule has 1 saturated heterocycles. The van der Waals surface area contributed by atoms with Crippen molar-refractivity contribution in [2.24, 2.45) is 5.92 Å². The SMILES string of the molecule is O=C(C1CC=CC1)N1CC(F)(F)C[C@H]1c1nc(-c2ncccn2)no1. The normalized spacial score (nSPS) is 22.6. The van der Waals surface area contributed by atoms with Gasteiger partial charge in [0.15, 0.2) is 0 Å². The van der Waals surface area contributed by atoms with Crippen molar-refractivity contribution in [2.75, 3.05) is 6.54 Å². The van der Waals surface area contributed by atoms with Gasteiger partial charge in [-0.15, -0.1) is 0 Å². The van der Waals surface area contributed by atoms with Gasteiger partial charge in [-0.25, -0.2) is 18.7 Å². The first-order valence-electron chi connectivity index (χ1n) is 7.98. The Balaban J connectivity index is 1.61. The number of aromatic nitrogens is 4. The number of halogens is 2. The van der Waals surface area contributed by atoms with Crippen LogP contribution in [0.15, 0.2) is 35.1 Å². The second-order valence-corrected chi connectivity index (χ2v) is 6.21. The summed E-state index contributed by atoms with van der Waals surface area (Å²) in [7, 11) is 0. The molecule has 2 aromatic rings. The lowest BCUT2D eigenvalue weighted by molar-refractivity contribution is -0.137. The van der Waals surface area contributed by atoms with E-state index in [1.807, 2.05) is 12.2 Å². The molecule has 130 valence electrons. The Kier molecular flexibility index (Phi) is 3.78. The summed E-state index contributed by atoms with van der Waals surface area (Å²) in [5.74, 6) is -3.25.